The quantitative estimate of drug-likeness (QED) is 0.0691. The summed E-state index contributed by atoms with van der Waals surface area (Å²) in [6.07, 6.45) is 2.97. The summed E-state index contributed by atoms with van der Waals surface area (Å²) in [5, 5.41) is 5.87. The summed E-state index contributed by atoms with van der Waals surface area (Å²) < 4.78 is 124. The van der Waals surface area contributed by atoms with Crippen molar-refractivity contribution >= 4 is 48.9 Å². The predicted molar refractivity (Wildman–Crippen MR) is 232 cm³/mol. The van der Waals surface area contributed by atoms with E-state index in [1.54, 1.807) is 19.2 Å². The molecule has 1 atom stereocenters. The minimum Gasteiger partial charge on any atom is -0.380 e. The van der Waals surface area contributed by atoms with Crippen LogP contribution in [0.2, 0.25) is 0 Å². The van der Waals surface area contributed by atoms with Gasteiger partial charge in [-0.1, -0.05) is 43.2 Å². The number of piperazine rings is 1. The Bertz CT molecular complexity index is 2350. The molecule has 18 heteroatoms. The van der Waals surface area contributed by atoms with Crippen LogP contribution in [-0.2, 0) is 19.9 Å². The average Bonchev–Trinajstić information content (AvgIpc) is 3.18. The van der Waals surface area contributed by atoms with Gasteiger partial charge in [-0.25, -0.2) is 30.3 Å². The number of carbonyl (C=O) groups excluding carboxylic acids is 1. The lowest BCUT2D eigenvalue weighted by Crippen LogP contribution is -2.66. The maximum atomic E-state index is 14.0. The van der Waals surface area contributed by atoms with Gasteiger partial charge in [-0.3, -0.25) is 9.69 Å². The molecule has 3 aromatic carbocycles. The number of thioether (sulfide) groups is 1. The summed E-state index contributed by atoms with van der Waals surface area (Å²) in [5.74, 6) is -0.687. The fourth-order valence-electron chi connectivity index (χ4n) is 9.57. The number of benzene rings is 3. The molecule has 1 heterocycles. The SMILES string of the molecule is CNCC[C@H](CSc1ccccc1)Nc1ccc(S(=O)(=O)NC(=O)c2ccc(N3CCN(CC4=C(C56CC(C(F)F)(C5)C6)CC(C)(C)CC4)CC3)cc2)cc1S(=O)(=O)C(F)(F)F. The number of rotatable bonds is 17. The van der Waals surface area contributed by atoms with Crippen LogP contribution in [0.5, 0.6) is 0 Å². The summed E-state index contributed by atoms with van der Waals surface area (Å²) in [4.78, 5) is 16.6. The van der Waals surface area contributed by atoms with Crippen LogP contribution >= 0.6 is 11.8 Å². The molecule has 0 radical (unpaired) electrons. The van der Waals surface area contributed by atoms with Crippen molar-refractivity contribution in [2.45, 2.75) is 91.5 Å². The van der Waals surface area contributed by atoms with Gasteiger partial charge in [0, 0.05) is 66.1 Å². The second-order valence-corrected chi connectivity index (χ2v) is 22.8. The number of nitrogens with zero attached hydrogens (tertiary/aromatic N) is 2. The zero-order valence-corrected chi connectivity index (χ0v) is 37.5. The van der Waals surface area contributed by atoms with Gasteiger partial charge in [-0.2, -0.15) is 13.2 Å². The molecule has 8 rings (SSSR count). The van der Waals surface area contributed by atoms with Gasteiger partial charge in [-0.05, 0) is 124 Å². The van der Waals surface area contributed by atoms with Crippen molar-refractivity contribution in [2.24, 2.45) is 16.2 Å². The van der Waals surface area contributed by atoms with E-state index in [-0.39, 0.29) is 16.4 Å². The summed E-state index contributed by atoms with van der Waals surface area (Å²) in [6, 6.07) is 17.4. The highest BCUT2D eigenvalue weighted by Gasteiger charge is 2.73. The maximum absolute atomic E-state index is 14.0. The van der Waals surface area contributed by atoms with Crippen LogP contribution in [-0.4, -0.2) is 97.7 Å². The van der Waals surface area contributed by atoms with Crippen LogP contribution in [0.3, 0.4) is 0 Å². The van der Waals surface area contributed by atoms with E-state index in [0.717, 1.165) is 61.6 Å². The molecule has 3 saturated carbocycles. The third-order valence-electron chi connectivity index (χ3n) is 13.0. The molecule has 2 bridgehead atoms. The first-order chi connectivity index (χ1) is 29.2. The second kappa shape index (κ2) is 17.7. The largest absolute Gasteiger partial charge is 0.501 e. The first-order valence-corrected chi connectivity index (χ1v) is 24.8. The first kappa shape index (κ1) is 46.3. The van der Waals surface area contributed by atoms with E-state index in [2.05, 4.69) is 34.3 Å². The fourth-order valence-corrected chi connectivity index (χ4v) is 12.6. The van der Waals surface area contributed by atoms with Gasteiger partial charge < -0.3 is 15.5 Å². The standard InChI is InChI=1S/C44H54F5N5O5S3/c1-41(2)17-15-31(36(24-41)42-27-43(28-42,29-42)40(45)46)25-53-19-21-54(22-20-53)33-11-9-30(10-12-33)39(55)52-62(58,59)35-13-14-37(38(23-35)61(56,57)44(47,48)49)51-32(16-18-50-3)26-60-34-7-5-4-6-8-34/h4-14,23,32,40,50-51H,15-22,24-29H2,1-3H3,(H,52,55)/t32-,42?,43?/m1/s1. The van der Waals surface area contributed by atoms with E-state index < -0.39 is 64.6 Å². The van der Waals surface area contributed by atoms with Crippen LogP contribution in [0, 0.1) is 16.2 Å². The molecule has 5 aliphatic rings. The van der Waals surface area contributed by atoms with Crippen molar-refractivity contribution in [1.29, 1.82) is 0 Å². The van der Waals surface area contributed by atoms with Crippen molar-refractivity contribution in [3.05, 3.63) is 89.5 Å². The highest BCUT2D eigenvalue weighted by molar-refractivity contribution is 7.99. The Kier molecular flexibility index (Phi) is 13.2. The Morgan fingerprint density at radius 1 is 0.903 bits per heavy atom. The molecule has 3 N–H and O–H groups in total. The molecule has 3 aromatic rings. The zero-order valence-electron chi connectivity index (χ0n) is 35.0. The van der Waals surface area contributed by atoms with E-state index in [1.165, 1.54) is 35.0 Å². The zero-order chi connectivity index (χ0) is 44.7. The van der Waals surface area contributed by atoms with Crippen molar-refractivity contribution in [1.82, 2.24) is 14.9 Å². The lowest BCUT2D eigenvalue weighted by Gasteiger charge is -2.72. The highest BCUT2D eigenvalue weighted by atomic mass is 32.2. The number of sulfone groups is 1. The molecular formula is C44H54F5N5O5S3. The highest BCUT2D eigenvalue weighted by Crippen LogP contribution is 2.79. The van der Waals surface area contributed by atoms with Crippen molar-refractivity contribution < 1.29 is 43.6 Å². The molecule has 338 valence electrons. The van der Waals surface area contributed by atoms with Crippen LogP contribution in [0.1, 0.15) is 69.2 Å². The van der Waals surface area contributed by atoms with Gasteiger partial charge in [0.1, 0.15) is 4.90 Å². The molecule has 1 aliphatic heterocycles. The summed E-state index contributed by atoms with van der Waals surface area (Å²) in [6.45, 7) is 8.76. The molecule has 4 aliphatic carbocycles. The number of carbonyl (C=O) groups is 1. The van der Waals surface area contributed by atoms with E-state index in [4.69, 9.17) is 0 Å². The summed E-state index contributed by atoms with van der Waals surface area (Å²) in [5.41, 5.74) is -3.19. The van der Waals surface area contributed by atoms with Gasteiger partial charge in [0.25, 0.3) is 25.8 Å². The van der Waals surface area contributed by atoms with Crippen molar-refractivity contribution in [2.75, 3.05) is 62.3 Å². The Morgan fingerprint density at radius 2 is 1.56 bits per heavy atom. The summed E-state index contributed by atoms with van der Waals surface area (Å²) >= 11 is 1.42. The molecule has 1 amide bonds. The van der Waals surface area contributed by atoms with Crippen molar-refractivity contribution in [3.8, 4) is 0 Å². The van der Waals surface area contributed by atoms with Crippen molar-refractivity contribution in [3.63, 3.8) is 0 Å². The van der Waals surface area contributed by atoms with E-state index in [0.29, 0.717) is 57.1 Å². The van der Waals surface area contributed by atoms with Crippen LogP contribution < -0.4 is 20.3 Å². The Morgan fingerprint density at radius 3 is 2.18 bits per heavy atom. The molecule has 62 heavy (non-hydrogen) atoms. The smallest absolute Gasteiger partial charge is 0.380 e. The topological polar surface area (TPSA) is 128 Å². The lowest BCUT2D eigenvalue weighted by molar-refractivity contribution is -0.250. The first-order valence-electron chi connectivity index (χ1n) is 20.8. The fraction of sp³-hybridized carbons (Fsp3) is 0.523. The third-order valence-corrected chi connectivity index (χ3v) is 17.1. The van der Waals surface area contributed by atoms with Gasteiger partial charge in [0.15, 0.2) is 0 Å². The van der Waals surface area contributed by atoms with Gasteiger partial charge in [-0.15, -0.1) is 11.8 Å². The number of alkyl halides is 5. The maximum Gasteiger partial charge on any atom is 0.501 e. The number of anilines is 2. The molecular weight excluding hydrogens is 870 g/mol. The number of nitrogens with one attached hydrogen (secondary N) is 3. The molecule has 10 nitrogen and oxygen atoms in total. The van der Waals surface area contributed by atoms with Gasteiger partial charge in [0.2, 0.25) is 6.43 Å². The molecule has 4 fully saturated rings. The van der Waals surface area contributed by atoms with Gasteiger partial charge in [0.05, 0.1) is 10.6 Å². The monoisotopic (exact) mass is 923 g/mol. The minimum atomic E-state index is -6.04. The average molecular weight is 924 g/mol. The normalized spacial score (nSPS) is 23.4. The summed E-state index contributed by atoms with van der Waals surface area (Å²) in [7, 11) is -9.18. The molecule has 1 saturated heterocycles. The Labute approximate surface area is 365 Å². The predicted octanol–water partition coefficient (Wildman–Crippen LogP) is 8.35. The number of amides is 1. The van der Waals surface area contributed by atoms with E-state index >= 15 is 0 Å². The molecule has 0 unspecified atom stereocenters. The molecule has 0 aromatic heterocycles. The molecule has 0 spiro atoms. The van der Waals surface area contributed by atoms with E-state index in [1.807, 2.05) is 35.1 Å². The Hall–Kier alpha value is -3.71. The Balaban J connectivity index is 0.994. The van der Waals surface area contributed by atoms with Crippen LogP contribution in [0.4, 0.5) is 33.3 Å². The van der Waals surface area contributed by atoms with Crippen LogP contribution in [0.25, 0.3) is 0 Å². The number of halogens is 5. The third kappa shape index (κ3) is 9.69. The van der Waals surface area contributed by atoms with E-state index in [9.17, 15) is 43.6 Å². The second-order valence-electron chi connectivity index (χ2n) is 18.1. The minimum absolute atomic E-state index is 0.0254. The number of sulfonamides is 1. The number of hydrogen-bond donors (Lipinski definition) is 3. The van der Waals surface area contributed by atoms with Gasteiger partial charge >= 0.3 is 5.51 Å². The number of allylic oxidation sites excluding steroid dienone is 1. The number of hydrogen-bond acceptors (Lipinski definition) is 10. The lowest BCUT2D eigenvalue weighted by atomic mass is 9.32. The van der Waals surface area contributed by atoms with Crippen LogP contribution in [0.15, 0.2) is 98.6 Å².